The van der Waals surface area contributed by atoms with Gasteiger partial charge in [0.05, 0.1) is 5.02 Å². The number of halogens is 2. The van der Waals surface area contributed by atoms with Crippen molar-refractivity contribution in [1.29, 1.82) is 0 Å². The maximum Gasteiger partial charge on any atom is 0.221 e. The summed E-state index contributed by atoms with van der Waals surface area (Å²) in [4.78, 5) is 11.5. The molecule has 0 fully saturated rings. The molecule has 5 nitrogen and oxygen atoms in total. The molecule has 1 aliphatic heterocycles. The van der Waals surface area contributed by atoms with E-state index in [9.17, 15) is 4.79 Å². The molecular formula is C13H18Cl2N2O3. The number of nitrogens with one attached hydrogen (secondary N) is 2. The Morgan fingerprint density at radius 3 is 2.85 bits per heavy atom. The van der Waals surface area contributed by atoms with Crippen LogP contribution in [0.2, 0.25) is 5.02 Å². The van der Waals surface area contributed by atoms with Gasteiger partial charge in [0.2, 0.25) is 5.91 Å². The number of hydrogen-bond donors (Lipinski definition) is 2. The first-order valence-corrected chi connectivity index (χ1v) is 6.58. The fraction of sp³-hybridized carbons (Fsp3) is 0.462. The molecule has 0 bridgehead atoms. The Hall–Kier alpha value is -1.17. The van der Waals surface area contributed by atoms with Gasteiger partial charge in [0.15, 0.2) is 11.5 Å². The van der Waals surface area contributed by atoms with Crippen molar-refractivity contribution in [2.75, 3.05) is 26.8 Å². The molecule has 0 saturated heterocycles. The molecule has 1 aromatic carbocycles. The number of amides is 1. The number of benzene rings is 1. The Kier molecular flexibility index (Phi) is 6.91. The largest absolute Gasteiger partial charge is 0.486 e. The van der Waals surface area contributed by atoms with Crippen molar-refractivity contribution in [2.24, 2.45) is 0 Å². The van der Waals surface area contributed by atoms with Crippen LogP contribution in [-0.2, 0) is 11.3 Å². The predicted molar refractivity (Wildman–Crippen MR) is 80.1 cm³/mol. The van der Waals surface area contributed by atoms with Gasteiger partial charge in [0.1, 0.15) is 13.2 Å². The van der Waals surface area contributed by atoms with E-state index in [1.54, 1.807) is 6.07 Å². The highest BCUT2D eigenvalue weighted by atomic mass is 35.5. The Morgan fingerprint density at radius 1 is 1.35 bits per heavy atom. The predicted octanol–water partition coefficient (Wildman–Crippen LogP) is 1.76. The number of rotatable bonds is 5. The Morgan fingerprint density at radius 2 is 2.10 bits per heavy atom. The molecule has 0 saturated carbocycles. The number of carbonyl (C=O) groups excluding carboxylic acids is 1. The third-order valence-corrected chi connectivity index (χ3v) is 3.03. The molecule has 2 N–H and O–H groups in total. The summed E-state index contributed by atoms with van der Waals surface area (Å²) in [5.74, 6) is 1.22. The van der Waals surface area contributed by atoms with Gasteiger partial charge < -0.3 is 20.1 Å². The second-order valence-corrected chi connectivity index (χ2v) is 4.64. The first-order chi connectivity index (χ1) is 9.20. The van der Waals surface area contributed by atoms with E-state index in [0.717, 1.165) is 5.56 Å². The average molecular weight is 321 g/mol. The lowest BCUT2D eigenvalue weighted by atomic mass is 10.2. The summed E-state index contributed by atoms with van der Waals surface area (Å²) in [6, 6.07) is 3.63. The second kappa shape index (κ2) is 8.19. The SMILES string of the molecule is CNCCC(=O)NCc1cc(Cl)c2c(c1)OCCO2.Cl. The second-order valence-electron chi connectivity index (χ2n) is 4.23. The van der Waals surface area contributed by atoms with Gasteiger partial charge in [0, 0.05) is 19.5 Å². The van der Waals surface area contributed by atoms with E-state index < -0.39 is 0 Å². The zero-order valence-corrected chi connectivity index (χ0v) is 12.8. The fourth-order valence-corrected chi connectivity index (χ4v) is 2.08. The van der Waals surface area contributed by atoms with E-state index in [0.29, 0.717) is 49.2 Å². The molecule has 1 aromatic rings. The number of fused-ring (bicyclic) bond motifs is 1. The smallest absolute Gasteiger partial charge is 0.221 e. The van der Waals surface area contributed by atoms with Crippen LogP contribution in [0.5, 0.6) is 11.5 Å². The lowest BCUT2D eigenvalue weighted by Gasteiger charge is -2.20. The third kappa shape index (κ3) is 4.44. The summed E-state index contributed by atoms with van der Waals surface area (Å²) in [6.45, 7) is 2.11. The number of carbonyl (C=O) groups is 1. The summed E-state index contributed by atoms with van der Waals surface area (Å²) in [5.41, 5.74) is 0.895. The highest BCUT2D eigenvalue weighted by Gasteiger charge is 2.16. The molecule has 1 amide bonds. The summed E-state index contributed by atoms with van der Waals surface area (Å²) in [5, 5.41) is 6.27. The monoisotopic (exact) mass is 320 g/mol. The summed E-state index contributed by atoms with van der Waals surface area (Å²) >= 11 is 6.12. The molecule has 0 radical (unpaired) electrons. The van der Waals surface area contributed by atoms with Crippen LogP contribution in [0.3, 0.4) is 0 Å². The van der Waals surface area contributed by atoms with Crippen molar-refractivity contribution in [3.8, 4) is 11.5 Å². The van der Waals surface area contributed by atoms with Crippen molar-refractivity contribution in [3.05, 3.63) is 22.7 Å². The van der Waals surface area contributed by atoms with Gasteiger partial charge in [-0.3, -0.25) is 4.79 Å². The van der Waals surface area contributed by atoms with Gasteiger partial charge >= 0.3 is 0 Å². The lowest BCUT2D eigenvalue weighted by Crippen LogP contribution is -2.26. The van der Waals surface area contributed by atoms with Crippen molar-refractivity contribution in [1.82, 2.24) is 10.6 Å². The maximum absolute atomic E-state index is 11.5. The molecule has 2 rings (SSSR count). The van der Waals surface area contributed by atoms with E-state index in [4.69, 9.17) is 21.1 Å². The molecule has 0 atom stereocenters. The molecule has 0 aromatic heterocycles. The number of hydrogen-bond acceptors (Lipinski definition) is 4. The van der Waals surface area contributed by atoms with Gasteiger partial charge in [-0.05, 0) is 24.7 Å². The van der Waals surface area contributed by atoms with Crippen molar-refractivity contribution >= 4 is 29.9 Å². The van der Waals surface area contributed by atoms with Crippen LogP contribution in [0, 0.1) is 0 Å². The van der Waals surface area contributed by atoms with E-state index in [2.05, 4.69) is 10.6 Å². The fourth-order valence-electron chi connectivity index (χ4n) is 1.79. The quantitative estimate of drug-likeness (QED) is 0.868. The lowest BCUT2D eigenvalue weighted by molar-refractivity contribution is -0.121. The topological polar surface area (TPSA) is 59.6 Å². The molecule has 7 heteroatoms. The van der Waals surface area contributed by atoms with Gasteiger partial charge in [-0.2, -0.15) is 0 Å². The molecule has 1 aliphatic rings. The Labute approximate surface area is 129 Å². The van der Waals surface area contributed by atoms with Gasteiger partial charge in [0.25, 0.3) is 0 Å². The van der Waals surface area contributed by atoms with Gasteiger partial charge in [-0.25, -0.2) is 0 Å². The molecular weight excluding hydrogens is 303 g/mol. The normalized spacial score (nSPS) is 12.5. The van der Waals surface area contributed by atoms with E-state index >= 15 is 0 Å². The molecule has 112 valence electrons. The first kappa shape index (κ1) is 16.9. The van der Waals surface area contributed by atoms with Gasteiger partial charge in [-0.15, -0.1) is 12.4 Å². The zero-order valence-electron chi connectivity index (χ0n) is 11.2. The first-order valence-electron chi connectivity index (χ1n) is 6.20. The van der Waals surface area contributed by atoms with Gasteiger partial charge in [-0.1, -0.05) is 11.6 Å². The minimum Gasteiger partial charge on any atom is -0.486 e. The molecule has 0 aliphatic carbocycles. The van der Waals surface area contributed by atoms with Crippen molar-refractivity contribution in [3.63, 3.8) is 0 Å². The standard InChI is InChI=1S/C13H17ClN2O3.ClH/c1-15-3-2-12(17)16-8-9-6-10(14)13-11(7-9)18-4-5-19-13;/h6-7,15H,2-5,8H2,1H3,(H,16,17);1H. The van der Waals surface area contributed by atoms with Crippen LogP contribution >= 0.6 is 24.0 Å². The molecule has 1 heterocycles. The van der Waals surface area contributed by atoms with Crippen LogP contribution in [0.15, 0.2) is 12.1 Å². The number of ether oxygens (including phenoxy) is 2. The van der Waals surface area contributed by atoms with Crippen LogP contribution in [0.1, 0.15) is 12.0 Å². The maximum atomic E-state index is 11.5. The van der Waals surface area contributed by atoms with Crippen LogP contribution in [0.25, 0.3) is 0 Å². The highest BCUT2D eigenvalue weighted by Crippen LogP contribution is 2.38. The van der Waals surface area contributed by atoms with E-state index in [1.165, 1.54) is 0 Å². The van der Waals surface area contributed by atoms with E-state index in [1.807, 2.05) is 13.1 Å². The minimum atomic E-state index is 0. The third-order valence-electron chi connectivity index (χ3n) is 2.75. The van der Waals surface area contributed by atoms with Crippen LogP contribution in [0.4, 0.5) is 0 Å². The van der Waals surface area contributed by atoms with Crippen LogP contribution < -0.4 is 20.1 Å². The van der Waals surface area contributed by atoms with Crippen molar-refractivity contribution in [2.45, 2.75) is 13.0 Å². The molecule has 20 heavy (non-hydrogen) atoms. The Balaban J connectivity index is 0.00000200. The summed E-state index contributed by atoms with van der Waals surface area (Å²) in [7, 11) is 1.81. The van der Waals surface area contributed by atoms with Crippen molar-refractivity contribution < 1.29 is 14.3 Å². The minimum absolute atomic E-state index is 0. The molecule has 0 spiro atoms. The average Bonchev–Trinajstić information content (AvgIpc) is 2.43. The molecule has 0 unspecified atom stereocenters. The summed E-state index contributed by atoms with van der Waals surface area (Å²) in [6.07, 6.45) is 0.453. The zero-order chi connectivity index (χ0) is 13.7. The van der Waals surface area contributed by atoms with E-state index in [-0.39, 0.29) is 18.3 Å². The van der Waals surface area contributed by atoms with Crippen LogP contribution in [-0.4, -0.2) is 32.7 Å². The summed E-state index contributed by atoms with van der Waals surface area (Å²) < 4.78 is 10.9. The highest BCUT2D eigenvalue weighted by molar-refractivity contribution is 6.32. The Bertz CT molecular complexity index is 469.